The van der Waals surface area contributed by atoms with Gasteiger partial charge in [-0.15, -0.1) is 0 Å². The smallest absolute Gasteiger partial charge is 0.306 e. The maximum absolute atomic E-state index is 13.6. The topological polar surface area (TPSA) is 114 Å². The highest BCUT2D eigenvalue weighted by atomic mass is 31.2. The van der Waals surface area contributed by atoms with Gasteiger partial charge in [-0.3, -0.25) is 14.2 Å². The summed E-state index contributed by atoms with van der Waals surface area (Å²) in [6.45, 7) is 6.76. The lowest BCUT2D eigenvalue weighted by Gasteiger charge is -2.30. The number of nitrogens with zero attached hydrogens (tertiary/aromatic N) is 1. The van der Waals surface area contributed by atoms with Crippen LogP contribution in [0.5, 0.6) is 0 Å². The van der Waals surface area contributed by atoms with Crippen LogP contribution in [0.25, 0.3) is 0 Å². The number of carbonyl (C=O) groups is 2. The predicted octanol–water partition coefficient (Wildman–Crippen LogP) is 20.1. The van der Waals surface area contributed by atoms with Crippen molar-refractivity contribution in [2.24, 2.45) is 0 Å². The number of rotatable bonds is 59. The third kappa shape index (κ3) is 59.5. The Labute approximate surface area is 494 Å². The molecule has 462 valence electrons. The molecule has 0 rings (SSSR count). The molecule has 0 spiro atoms. The highest BCUT2D eigenvalue weighted by Gasteiger charge is 2.27. The number of ether oxygens (including phenoxy) is 1. The first kappa shape index (κ1) is 76.9. The van der Waals surface area contributed by atoms with E-state index in [1.165, 1.54) is 161 Å². The summed E-state index contributed by atoms with van der Waals surface area (Å²) in [6.07, 6.45) is 79.6. The van der Waals surface area contributed by atoms with Gasteiger partial charge in [0.2, 0.25) is 5.91 Å². The van der Waals surface area contributed by atoms with E-state index >= 15 is 0 Å². The Morgan fingerprint density at radius 1 is 0.438 bits per heavy atom. The normalized spacial score (nSPS) is 14.2. The first-order valence-electron chi connectivity index (χ1n) is 33.0. The number of allylic oxidation sites excluding steroid dienone is 15. The summed E-state index contributed by atoms with van der Waals surface area (Å²) < 4.78 is 30.3. The fourth-order valence-electron chi connectivity index (χ4n) is 9.11. The average molecular weight is 1140 g/mol. The SMILES string of the molecule is CCCCC/C=C\C/C=C\C/C=C\C/C=C\CCCC(=O)OC(/C=C\CCCCCCCCCCCC)C(COP(=O)([O-])OCC[N+](C)(C)C)NC(=O)CCCCCCCCCCCCCC/C=C\C/C=C\C/C=C\CCCCC. The van der Waals surface area contributed by atoms with Crippen LogP contribution in [0, 0.1) is 0 Å². The molecule has 9 nitrogen and oxygen atoms in total. The van der Waals surface area contributed by atoms with Gasteiger partial charge >= 0.3 is 5.97 Å². The van der Waals surface area contributed by atoms with Gasteiger partial charge in [0.1, 0.15) is 19.3 Å². The molecule has 0 aliphatic heterocycles. The Morgan fingerprint density at radius 2 is 0.775 bits per heavy atom. The van der Waals surface area contributed by atoms with Crippen LogP contribution in [-0.2, 0) is 27.9 Å². The number of carbonyl (C=O) groups excluding carboxylic acids is 2. The summed E-state index contributed by atoms with van der Waals surface area (Å²) >= 11 is 0. The highest BCUT2D eigenvalue weighted by molar-refractivity contribution is 7.45. The third-order valence-corrected chi connectivity index (χ3v) is 15.2. The van der Waals surface area contributed by atoms with Crippen LogP contribution < -0.4 is 10.2 Å². The summed E-state index contributed by atoms with van der Waals surface area (Å²) in [5, 5.41) is 3.02. The molecule has 0 aromatic heterocycles. The van der Waals surface area contributed by atoms with Crippen molar-refractivity contribution in [3.8, 4) is 0 Å². The summed E-state index contributed by atoms with van der Waals surface area (Å²) in [7, 11) is 1.15. The molecule has 80 heavy (non-hydrogen) atoms. The minimum absolute atomic E-state index is 0.0346. The van der Waals surface area contributed by atoms with Crippen molar-refractivity contribution in [2.75, 3.05) is 40.9 Å². The molecule has 0 aliphatic rings. The number of phosphoric acid groups is 1. The number of likely N-dealkylation sites (N-methyl/N-ethyl adjacent to an activating group) is 1. The summed E-state index contributed by atoms with van der Waals surface area (Å²) in [5.74, 6) is -0.608. The van der Waals surface area contributed by atoms with E-state index in [1.54, 1.807) is 0 Å². The molecule has 3 unspecified atom stereocenters. The third-order valence-electron chi connectivity index (χ3n) is 14.2. The minimum Gasteiger partial charge on any atom is -0.756 e. The number of hydrogen-bond donors (Lipinski definition) is 1. The maximum Gasteiger partial charge on any atom is 0.306 e. The Kier molecular flexibility index (Phi) is 56.8. The second-order valence-corrected chi connectivity index (χ2v) is 24.7. The van der Waals surface area contributed by atoms with Gasteiger partial charge in [0.25, 0.3) is 7.82 Å². The second-order valence-electron chi connectivity index (χ2n) is 23.3. The molecule has 0 aliphatic carbocycles. The van der Waals surface area contributed by atoms with Crippen molar-refractivity contribution in [3.63, 3.8) is 0 Å². The number of amides is 1. The van der Waals surface area contributed by atoms with Crippen LogP contribution in [-0.4, -0.2) is 69.4 Å². The van der Waals surface area contributed by atoms with Gasteiger partial charge in [-0.2, -0.15) is 0 Å². The number of unbranched alkanes of at least 4 members (excludes halogenated alkanes) is 29. The standard InChI is InChI=1S/C70H125N2O7P/c1-7-10-13-16-19-22-25-28-30-32-33-34-35-36-37-38-39-41-42-44-47-50-53-56-59-62-69(73)71-67(66-78-80(75,76)77-65-64-72(4,5)6)68(61-58-55-52-49-46-27-24-21-18-15-12-9-3)79-70(74)63-60-57-54-51-48-45-43-40-31-29-26-23-20-17-14-11-8-2/h19-20,22-23,28-31,33-34,43,45,51,54,58,61,67-68H,7-18,21,24-27,32,35-42,44,46-50,52-53,55-57,59-60,62-66H2,1-6H3,(H-,71,73,75,76)/b22-19-,23-20-,30-28-,31-29-,34-33-,45-43-,54-51-,61-58-. The van der Waals surface area contributed by atoms with Crippen molar-refractivity contribution in [2.45, 2.75) is 296 Å². The van der Waals surface area contributed by atoms with Crippen LogP contribution in [0.4, 0.5) is 0 Å². The predicted molar refractivity (Wildman–Crippen MR) is 344 cm³/mol. The van der Waals surface area contributed by atoms with E-state index in [1.807, 2.05) is 33.3 Å². The van der Waals surface area contributed by atoms with Crippen molar-refractivity contribution in [1.29, 1.82) is 0 Å². The van der Waals surface area contributed by atoms with E-state index in [0.717, 1.165) is 83.5 Å². The average Bonchev–Trinajstić information content (AvgIpc) is 3.42. The van der Waals surface area contributed by atoms with Gasteiger partial charge in [0, 0.05) is 12.8 Å². The van der Waals surface area contributed by atoms with Crippen LogP contribution in [0.1, 0.15) is 284 Å². The largest absolute Gasteiger partial charge is 0.756 e. The second kappa shape index (κ2) is 59.1. The molecule has 0 saturated carbocycles. The first-order chi connectivity index (χ1) is 38.9. The molecule has 0 saturated heterocycles. The van der Waals surface area contributed by atoms with Gasteiger partial charge < -0.3 is 28.5 Å². The molecule has 1 N–H and O–H groups in total. The monoisotopic (exact) mass is 1140 g/mol. The van der Waals surface area contributed by atoms with E-state index in [4.69, 9.17) is 13.8 Å². The van der Waals surface area contributed by atoms with Crippen molar-refractivity contribution < 1.29 is 37.3 Å². The molecule has 3 atom stereocenters. The van der Waals surface area contributed by atoms with E-state index in [-0.39, 0.29) is 18.9 Å². The van der Waals surface area contributed by atoms with Crippen LogP contribution >= 0.6 is 7.82 Å². The van der Waals surface area contributed by atoms with Crippen LogP contribution in [0.3, 0.4) is 0 Å². The Hall–Kier alpha value is -3.07. The summed E-state index contributed by atoms with van der Waals surface area (Å²) in [5.41, 5.74) is 0. The van der Waals surface area contributed by atoms with E-state index < -0.39 is 32.5 Å². The molecular formula is C70H125N2O7P. The van der Waals surface area contributed by atoms with Crippen LogP contribution in [0.2, 0.25) is 0 Å². The lowest BCUT2D eigenvalue weighted by atomic mass is 10.0. The van der Waals surface area contributed by atoms with Gasteiger partial charge in [-0.05, 0) is 109 Å². The maximum atomic E-state index is 13.6. The molecule has 0 bridgehead atoms. The summed E-state index contributed by atoms with van der Waals surface area (Å²) in [4.78, 5) is 40.0. The highest BCUT2D eigenvalue weighted by Crippen LogP contribution is 2.38. The van der Waals surface area contributed by atoms with E-state index in [9.17, 15) is 19.0 Å². The number of hydrogen-bond acceptors (Lipinski definition) is 7. The van der Waals surface area contributed by atoms with Gasteiger partial charge in [-0.25, -0.2) is 0 Å². The quantitative estimate of drug-likeness (QED) is 0.0212. The molecule has 0 radical (unpaired) electrons. The van der Waals surface area contributed by atoms with Gasteiger partial charge in [0.05, 0.1) is 33.8 Å². The van der Waals surface area contributed by atoms with E-state index in [2.05, 4.69) is 111 Å². The zero-order valence-electron chi connectivity index (χ0n) is 52.8. The molecule has 10 heteroatoms. The number of phosphoric ester groups is 1. The van der Waals surface area contributed by atoms with Crippen molar-refractivity contribution in [1.82, 2.24) is 5.32 Å². The van der Waals surface area contributed by atoms with Crippen LogP contribution in [0.15, 0.2) is 97.2 Å². The Bertz CT molecular complexity index is 1690. The fraction of sp³-hybridized carbons (Fsp3) is 0.743. The molecule has 0 heterocycles. The number of nitrogens with one attached hydrogen (secondary N) is 1. The lowest BCUT2D eigenvalue weighted by Crippen LogP contribution is -2.47. The fourth-order valence-corrected chi connectivity index (χ4v) is 9.83. The molecule has 0 fully saturated rings. The molecule has 0 aromatic rings. The van der Waals surface area contributed by atoms with Crippen molar-refractivity contribution >= 4 is 19.7 Å². The Balaban J connectivity index is 5.20. The number of esters is 1. The minimum atomic E-state index is -4.72. The zero-order chi connectivity index (χ0) is 58.6. The number of quaternary nitrogens is 1. The van der Waals surface area contributed by atoms with E-state index in [0.29, 0.717) is 23.9 Å². The van der Waals surface area contributed by atoms with Gasteiger partial charge in [-0.1, -0.05) is 260 Å². The van der Waals surface area contributed by atoms with Crippen molar-refractivity contribution in [3.05, 3.63) is 97.2 Å². The molecule has 0 aromatic carbocycles. The zero-order valence-corrected chi connectivity index (χ0v) is 53.7. The van der Waals surface area contributed by atoms with Gasteiger partial charge in [0.15, 0.2) is 0 Å². The molecule has 1 amide bonds. The summed E-state index contributed by atoms with van der Waals surface area (Å²) in [6, 6.07) is -0.917. The first-order valence-corrected chi connectivity index (χ1v) is 34.5. The Morgan fingerprint density at radius 3 is 1.19 bits per heavy atom. The molecular weight excluding hydrogens is 1010 g/mol. The lowest BCUT2D eigenvalue weighted by molar-refractivity contribution is -0.870.